The number of cyclic esters (lactones) is 1. The van der Waals surface area contributed by atoms with Crippen molar-refractivity contribution < 1.29 is 66.8 Å². The lowest BCUT2D eigenvalue weighted by Gasteiger charge is -2.36. The Balaban J connectivity index is 0.474. The van der Waals surface area contributed by atoms with Gasteiger partial charge in [-0.05, 0) is 174 Å². The summed E-state index contributed by atoms with van der Waals surface area (Å²) in [7, 11) is 1.64. The third kappa shape index (κ3) is 23.7. The number of carbonyl (C=O) groups is 7. The number of nitrogens with one attached hydrogen (secondary N) is 1. The molecule has 1 aliphatic carbocycles. The van der Waals surface area contributed by atoms with Gasteiger partial charge in [-0.2, -0.15) is 10.1 Å². The number of aliphatic hydroxyl groups excluding tert-OH is 1. The summed E-state index contributed by atoms with van der Waals surface area (Å²) in [5, 5.41) is 20.4. The first-order valence-corrected chi connectivity index (χ1v) is 45.2. The molecule has 5 aromatic heterocycles. The number of nitrogens with two attached hydrogens (primary N) is 2. The molecule has 14 rings (SSSR count). The molecular weight excluding hydrogens is 1630 g/mol. The highest BCUT2D eigenvalue weighted by molar-refractivity contribution is 7.80. The fraction of sp³-hybridized carbons (Fsp3) is 0.548. The molecule has 126 heavy (non-hydrogen) atoms. The normalized spacial score (nSPS) is 26.0. The van der Waals surface area contributed by atoms with Crippen molar-refractivity contribution in [3.63, 3.8) is 0 Å². The molecule has 6 aliphatic heterocycles. The molecule has 11 heterocycles. The third-order valence-corrected chi connectivity index (χ3v) is 26.0. The topological polar surface area (TPSA) is 391 Å². The number of nitrogens with zero attached hydrogens (tertiary/aromatic N) is 15. The number of thiocarbonyl (C=S) groups is 1. The average molecular weight is 1750 g/mol. The zero-order chi connectivity index (χ0) is 88.5. The number of Topliss-reactive ketones (excluding diaryl/α,β-unsaturated/α-hetero) is 3. The predicted molar refractivity (Wildman–Crippen MR) is 479 cm³/mol. The third-order valence-electron chi connectivity index (χ3n) is 25.8. The molecule has 1 saturated carbocycles. The predicted octanol–water partition coefficient (Wildman–Crippen LogP) is 10.0. The maximum absolute atomic E-state index is 14.5. The summed E-state index contributed by atoms with van der Waals surface area (Å²) in [4.78, 5) is 141. The van der Waals surface area contributed by atoms with Crippen LogP contribution in [0.15, 0.2) is 120 Å². The van der Waals surface area contributed by atoms with Gasteiger partial charge in [0.25, 0.3) is 23.0 Å². The number of amides is 3. The van der Waals surface area contributed by atoms with Crippen LogP contribution in [-0.2, 0) is 78.5 Å². The second-order valence-corrected chi connectivity index (χ2v) is 35.3. The van der Waals surface area contributed by atoms with E-state index in [1.54, 1.807) is 57.9 Å². The summed E-state index contributed by atoms with van der Waals surface area (Å²) >= 11 is 5.68. The van der Waals surface area contributed by atoms with E-state index in [1.807, 2.05) is 70.8 Å². The Morgan fingerprint density at radius 3 is 2.24 bits per heavy atom. The van der Waals surface area contributed by atoms with E-state index in [2.05, 4.69) is 80.0 Å². The Morgan fingerprint density at radius 1 is 0.722 bits per heavy atom. The summed E-state index contributed by atoms with van der Waals surface area (Å²) in [6.45, 7) is 18.2. The highest BCUT2D eigenvalue weighted by Crippen LogP contribution is 2.37. The van der Waals surface area contributed by atoms with E-state index < -0.39 is 47.9 Å². The number of hydrogen-bond donors (Lipinski definition) is 4. The molecule has 7 aliphatic rings. The van der Waals surface area contributed by atoms with Crippen molar-refractivity contribution in [2.75, 3.05) is 114 Å². The van der Waals surface area contributed by atoms with Crippen LogP contribution in [-0.4, -0.2) is 251 Å². The van der Waals surface area contributed by atoms with Gasteiger partial charge >= 0.3 is 5.97 Å². The number of ketones is 3. The number of aliphatic hydroxyl groups is 1. The van der Waals surface area contributed by atoms with Gasteiger partial charge in [0.1, 0.15) is 59.3 Å². The molecule has 5 fully saturated rings. The van der Waals surface area contributed by atoms with Crippen molar-refractivity contribution >= 4 is 104 Å². The minimum absolute atomic E-state index is 0.0475. The summed E-state index contributed by atoms with van der Waals surface area (Å²) < 4.78 is 38.2. The SMILES string of the molecule is CO[C@H]1CC2CCCC(O2)C(=O)C(=O)N2CCCC[C@H]2C(=O)O[C@H](CC[C@H]2CC[C@H](OC(=S)NCc3cnc(N4CCN(C(=O)CCOCCN5CCN(c6ncc(C(=O)N7CCc8cc(Cn9nc(-c%10ccc%11oc(N)nc%11c%10)c%10c(N)ncnc%109)ccc8C7)cn6)CC5)CC4)nc3)CC2)CC(=O)[C@H](C)/C=C(\C)[C@@H](O)CC(=O)[C@H](C)C[C@H](C)/C=C/C=C/C=C/1C. The number of aromatic nitrogens is 9. The van der Waals surface area contributed by atoms with Gasteiger partial charge < -0.3 is 74.5 Å². The second-order valence-electron chi connectivity index (χ2n) is 34.9. The molecule has 672 valence electrons. The number of esters is 1. The molecule has 2 unspecified atom stereocenters. The van der Waals surface area contributed by atoms with Gasteiger partial charge in [0.15, 0.2) is 11.2 Å². The lowest BCUT2D eigenvalue weighted by Crippen LogP contribution is -2.54. The molecule has 3 amide bonds. The van der Waals surface area contributed by atoms with Crippen LogP contribution in [0, 0.1) is 23.7 Å². The second kappa shape index (κ2) is 43.1. The van der Waals surface area contributed by atoms with Crippen LogP contribution in [0.25, 0.3) is 33.4 Å². The lowest BCUT2D eigenvalue weighted by molar-refractivity contribution is -0.167. The van der Waals surface area contributed by atoms with E-state index in [4.69, 9.17) is 56.9 Å². The molecule has 33 heteroatoms. The molecule has 6 N–H and O–H groups in total. The van der Waals surface area contributed by atoms with E-state index in [-0.39, 0.29) is 90.0 Å². The number of piperazine rings is 2. The standard InChI is InChI=1S/C93H120N18O14S/c1-58-13-8-7-9-14-59(2)80(120-6)48-71-15-12-17-79(122-71)84(116)88(118)110-30-11-10-16-74(110)89(119)123-72(47-75(112)61(4)44-62(5)77(114)49-76(113)60(3)43-58)26-21-63-19-24-70(25-20-63)124-93(126)100-52-65-50-96-91(97-51-65)108-38-36-106(37-39-108)81(115)29-41-121-42-40-105-32-34-107(35-33-105)92-98-53-69(54-99-92)87(117)109-31-28-66-45-64(18-22-68(66)56-109)55-111-86-82(85(94)101-57-102-86)83(104-111)67-23-27-78-73(46-67)103-90(95)125-78/h7-9,13-14,18,22-23,27,44-46,50-51,53-54,57-58,60-61,63,70-72,74,77,79-80,114H,10-12,15-17,19-21,24-26,28-43,47-49,52,55-56H2,1-6H3,(H2,95,103)(H,100,126)(H2,94,101,102)/b9-7+,13-8+,59-14+,62-44+/t58-,60-,61-,63-,70-,71?,72-,74+,77+,79?,80+/m1/s1. The molecule has 0 radical (unpaired) electrons. The number of anilines is 4. The summed E-state index contributed by atoms with van der Waals surface area (Å²) in [5.74, 6) is -1.59. The molecular formula is C93H120N18O14S. The van der Waals surface area contributed by atoms with Crippen LogP contribution in [0.2, 0.25) is 0 Å². The quantitative estimate of drug-likeness (QED) is 0.0192. The van der Waals surface area contributed by atoms with Crippen molar-refractivity contribution in [2.45, 2.75) is 212 Å². The minimum Gasteiger partial charge on any atom is -0.468 e. The van der Waals surface area contributed by atoms with Gasteiger partial charge in [-0.1, -0.05) is 75.4 Å². The summed E-state index contributed by atoms with van der Waals surface area (Å²) in [5.41, 5.74) is 21.4. The Labute approximate surface area is 740 Å². The molecule has 0 spiro atoms. The van der Waals surface area contributed by atoms with E-state index in [0.717, 1.165) is 86.2 Å². The maximum atomic E-state index is 14.5. The van der Waals surface area contributed by atoms with Crippen molar-refractivity contribution in [3.8, 4) is 11.3 Å². The highest BCUT2D eigenvalue weighted by Gasteiger charge is 2.42. The van der Waals surface area contributed by atoms with Gasteiger partial charge in [-0.3, -0.25) is 33.7 Å². The van der Waals surface area contributed by atoms with Gasteiger partial charge in [-0.25, -0.2) is 39.4 Å². The molecule has 7 aromatic rings. The number of ether oxygens (including phenoxy) is 5. The molecule has 2 aromatic carbocycles. The van der Waals surface area contributed by atoms with Crippen LogP contribution >= 0.6 is 12.2 Å². The molecule has 2 bridgehead atoms. The summed E-state index contributed by atoms with van der Waals surface area (Å²) in [6, 6.07) is 10.9. The lowest BCUT2D eigenvalue weighted by atomic mass is 9.83. The van der Waals surface area contributed by atoms with Crippen LogP contribution in [0.3, 0.4) is 0 Å². The number of hydrogen-bond acceptors (Lipinski definition) is 28. The monoisotopic (exact) mass is 1740 g/mol. The van der Waals surface area contributed by atoms with E-state index in [9.17, 15) is 38.7 Å². The molecule has 4 saturated heterocycles. The molecule has 32 nitrogen and oxygen atoms in total. The van der Waals surface area contributed by atoms with Gasteiger partial charge in [0.2, 0.25) is 23.6 Å². The van der Waals surface area contributed by atoms with Crippen LogP contribution in [0.1, 0.15) is 176 Å². The summed E-state index contributed by atoms with van der Waals surface area (Å²) in [6.07, 6.45) is 25.5. The zero-order valence-electron chi connectivity index (χ0n) is 73.2. The number of carbonyl (C=O) groups excluding carboxylic acids is 7. The zero-order valence-corrected chi connectivity index (χ0v) is 74.0. The van der Waals surface area contributed by atoms with Crippen molar-refractivity contribution in [2.24, 2.45) is 23.7 Å². The number of piperidine rings is 1. The van der Waals surface area contributed by atoms with Crippen molar-refractivity contribution in [1.29, 1.82) is 0 Å². The van der Waals surface area contributed by atoms with Crippen LogP contribution in [0.5, 0.6) is 0 Å². The van der Waals surface area contributed by atoms with Crippen molar-refractivity contribution in [3.05, 3.63) is 143 Å². The number of fused-ring (bicyclic) bond motifs is 6. The van der Waals surface area contributed by atoms with Gasteiger partial charge in [-0.15, -0.1) is 0 Å². The fourth-order valence-electron chi connectivity index (χ4n) is 18.2. The number of nitrogen functional groups attached to an aromatic ring is 2. The highest BCUT2D eigenvalue weighted by atomic mass is 32.1. The van der Waals surface area contributed by atoms with E-state index in [0.29, 0.717) is 199 Å². The number of allylic oxidation sites excluding steroid dienone is 6. The number of rotatable bonds is 19. The largest absolute Gasteiger partial charge is 0.468 e. The number of methoxy groups -OCH3 is 1. The van der Waals surface area contributed by atoms with Crippen LogP contribution in [0.4, 0.5) is 23.7 Å². The number of benzene rings is 2. The first-order valence-electron chi connectivity index (χ1n) is 44.8. The van der Waals surface area contributed by atoms with Gasteiger partial charge in [0.05, 0.1) is 55.4 Å². The smallest absolute Gasteiger partial charge is 0.329 e. The Hall–Kier alpha value is -10.8. The van der Waals surface area contributed by atoms with Gasteiger partial charge in [0, 0.05) is 159 Å². The Kier molecular flexibility index (Phi) is 31.3. The first-order chi connectivity index (χ1) is 60.9. The van der Waals surface area contributed by atoms with E-state index in [1.165, 1.54) is 16.8 Å². The fourth-order valence-corrected chi connectivity index (χ4v) is 18.4. The average Bonchev–Trinajstić information content (AvgIpc) is 1.15. The van der Waals surface area contributed by atoms with Crippen LogP contribution < -0.4 is 26.6 Å². The minimum atomic E-state index is -1.08. The maximum Gasteiger partial charge on any atom is 0.329 e. The first kappa shape index (κ1) is 91.4. The Bertz CT molecular complexity index is 5130. The van der Waals surface area contributed by atoms with Crippen molar-refractivity contribution in [1.82, 2.24) is 69.6 Å². The Morgan fingerprint density at radius 2 is 1.48 bits per heavy atom. The molecule has 9 atom stereocenters. The number of oxazole rings is 1. The van der Waals surface area contributed by atoms with E-state index >= 15 is 0 Å².